The minimum Gasteiger partial charge on any atom is -0.507 e. The Labute approximate surface area is 284 Å². The molecule has 13 nitrogen and oxygen atoms in total. The quantitative estimate of drug-likeness (QED) is 0.259. The van der Waals surface area contributed by atoms with Gasteiger partial charge in [-0.15, -0.1) is 10.2 Å². The van der Waals surface area contributed by atoms with Crippen LogP contribution in [-0.2, 0) is 9.59 Å². The van der Waals surface area contributed by atoms with Gasteiger partial charge in [0.25, 0.3) is 0 Å². The summed E-state index contributed by atoms with van der Waals surface area (Å²) < 4.78 is 8.29. The Hall–Kier alpha value is -5.17. The molecule has 3 fully saturated rings. The number of amides is 2. The van der Waals surface area contributed by atoms with Gasteiger partial charge in [-0.3, -0.25) is 24.5 Å². The van der Waals surface area contributed by atoms with Crippen molar-refractivity contribution >= 4 is 29.0 Å². The number of rotatable bonds is 6. The van der Waals surface area contributed by atoms with Crippen LogP contribution in [0.3, 0.4) is 0 Å². The predicted octanol–water partition coefficient (Wildman–Crippen LogP) is 3.60. The molecule has 13 heteroatoms. The third-order valence-electron chi connectivity index (χ3n) is 10.6. The second kappa shape index (κ2) is 13.0. The molecule has 4 aliphatic rings. The van der Waals surface area contributed by atoms with E-state index < -0.39 is 0 Å². The van der Waals surface area contributed by atoms with Gasteiger partial charge in [-0.1, -0.05) is 18.2 Å². The molecule has 2 amide bonds. The van der Waals surface area contributed by atoms with Crippen LogP contribution in [0.5, 0.6) is 11.5 Å². The minimum absolute atomic E-state index is 0.146. The van der Waals surface area contributed by atoms with Crippen molar-refractivity contribution < 1.29 is 19.4 Å². The van der Waals surface area contributed by atoms with Crippen molar-refractivity contribution in [1.29, 1.82) is 0 Å². The summed E-state index contributed by atoms with van der Waals surface area (Å²) in [4.78, 5) is 31.6. The molecule has 8 rings (SSSR count). The van der Waals surface area contributed by atoms with Crippen molar-refractivity contribution in [2.45, 2.75) is 56.7 Å². The number of nitrogens with two attached hydrogens (primary N) is 1. The van der Waals surface area contributed by atoms with E-state index in [1.807, 2.05) is 36.5 Å². The SMILES string of the molecule is Nc1nnc(-c2ccccc2O)cc1-c1cnn([C@H]2CC[C@H](N3CCN(c4cccc5c4OCCN5C4CCC(=O)NC4=O)CC3)CC2)c1. The van der Waals surface area contributed by atoms with Gasteiger partial charge in [-0.25, -0.2) is 0 Å². The molecule has 4 aromatic rings. The molecule has 0 radical (unpaired) electrons. The van der Waals surface area contributed by atoms with Crippen LogP contribution in [0.2, 0.25) is 0 Å². The number of ether oxygens (including phenoxy) is 1. The second-order valence-electron chi connectivity index (χ2n) is 13.4. The van der Waals surface area contributed by atoms with E-state index in [0.717, 1.165) is 80.1 Å². The number of hydrogen-bond donors (Lipinski definition) is 3. The number of para-hydroxylation sites is 2. The molecule has 2 saturated heterocycles. The van der Waals surface area contributed by atoms with Crippen LogP contribution in [0, 0.1) is 0 Å². The standard InChI is InChI=1S/C36H41N9O4/c37-35-27(20-28(40-41-35)26-4-1-2-7-32(26)46)23-21-38-45(22-23)25-10-8-24(9-11-25)42-14-16-43(17-15-42)29-5-3-6-30-34(29)49-19-18-44(30)31-12-13-33(47)39-36(31)48/h1-7,20-22,24-25,31,46H,8-19H2,(H2,37,41)(H,39,47,48)/t24-,25-,31?. The summed E-state index contributed by atoms with van der Waals surface area (Å²) in [6, 6.07) is 15.6. The molecule has 5 heterocycles. The number of nitrogens with one attached hydrogen (secondary N) is 1. The Morgan fingerprint density at radius 3 is 2.43 bits per heavy atom. The van der Waals surface area contributed by atoms with Gasteiger partial charge >= 0.3 is 0 Å². The number of imide groups is 1. The summed E-state index contributed by atoms with van der Waals surface area (Å²) in [5.41, 5.74) is 11.0. The minimum atomic E-state index is -0.357. The number of nitrogens with zero attached hydrogens (tertiary/aromatic N) is 7. The van der Waals surface area contributed by atoms with Gasteiger partial charge in [0.1, 0.15) is 18.4 Å². The van der Waals surface area contributed by atoms with E-state index >= 15 is 0 Å². The average molecular weight is 664 g/mol. The summed E-state index contributed by atoms with van der Waals surface area (Å²) in [5.74, 6) is 0.893. The normalized spacial score (nSPS) is 23.1. The number of anilines is 3. The molecule has 2 aromatic heterocycles. The number of aromatic hydroxyl groups is 1. The lowest BCUT2D eigenvalue weighted by molar-refractivity contribution is -0.134. The zero-order valence-electron chi connectivity index (χ0n) is 27.4. The predicted molar refractivity (Wildman–Crippen MR) is 185 cm³/mol. The molecule has 49 heavy (non-hydrogen) atoms. The number of aromatic nitrogens is 4. The maximum atomic E-state index is 12.7. The Bertz CT molecular complexity index is 1860. The van der Waals surface area contributed by atoms with Crippen LogP contribution in [0.4, 0.5) is 17.2 Å². The van der Waals surface area contributed by atoms with Crippen LogP contribution >= 0.6 is 0 Å². The number of carbonyl (C=O) groups excluding carboxylic acids is 2. The van der Waals surface area contributed by atoms with Gasteiger partial charge in [0.05, 0.1) is 35.9 Å². The zero-order chi connectivity index (χ0) is 33.5. The molecule has 0 spiro atoms. The number of carbonyl (C=O) groups is 2. The maximum Gasteiger partial charge on any atom is 0.249 e. The Morgan fingerprint density at radius 1 is 0.857 bits per heavy atom. The Balaban J connectivity index is 0.884. The van der Waals surface area contributed by atoms with Crippen molar-refractivity contribution in [1.82, 2.24) is 30.2 Å². The van der Waals surface area contributed by atoms with Crippen molar-refractivity contribution in [3.05, 3.63) is 60.9 Å². The summed E-state index contributed by atoms with van der Waals surface area (Å²) in [5, 5.41) is 25.9. The van der Waals surface area contributed by atoms with Crippen molar-refractivity contribution in [3.8, 4) is 33.9 Å². The fourth-order valence-electron chi connectivity index (χ4n) is 7.95. The summed E-state index contributed by atoms with van der Waals surface area (Å²) in [6.45, 7) is 4.91. The van der Waals surface area contributed by atoms with E-state index in [9.17, 15) is 14.7 Å². The van der Waals surface area contributed by atoms with Crippen LogP contribution < -0.4 is 25.6 Å². The number of piperidine rings is 1. The van der Waals surface area contributed by atoms with E-state index in [4.69, 9.17) is 15.6 Å². The first-order valence-corrected chi connectivity index (χ1v) is 17.2. The van der Waals surface area contributed by atoms with Crippen LogP contribution in [0.15, 0.2) is 60.9 Å². The van der Waals surface area contributed by atoms with Crippen molar-refractivity contribution in [3.63, 3.8) is 0 Å². The lowest BCUT2D eigenvalue weighted by Gasteiger charge is -2.44. The highest BCUT2D eigenvalue weighted by Gasteiger charge is 2.36. The first kappa shape index (κ1) is 31.1. The number of phenolic OH excluding ortho intramolecular Hbond substituents is 1. The number of piperazine rings is 1. The fourth-order valence-corrected chi connectivity index (χ4v) is 7.95. The van der Waals surface area contributed by atoms with Gasteiger partial charge in [0.2, 0.25) is 11.8 Å². The topological polar surface area (TPSA) is 155 Å². The zero-order valence-corrected chi connectivity index (χ0v) is 27.4. The van der Waals surface area contributed by atoms with Gasteiger partial charge in [0, 0.05) is 61.5 Å². The molecule has 254 valence electrons. The third kappa shape index (κ3) is 6.03. The van der Waals surface area contributed by atoms with Crippen LogP contribution in [0.25, 0.3) is 22.4 Å². The smallest absolute Gasteiger partial charge is 0.249 e. The van der Waals surface area contributed by atoms with Crippen molar-refractivity contribution in [2.75, 3.05) is 54.9 Å². The molecule has 3 aliphatic heterocycles. The lowest BCUT2D eigenvalue weighted by atomic mass is 9.90. The van der Waals surface area contributed by atoms with E-state index in [1.165, 1.54) is 0 Å². The van der Waals surface area contributed by atoms with Crippen LogP contribution in [-0.4, -0.2) is 93.2 Å². The third-order valence-corrected chi connectivity index (χ3v) is 10.6. The maximum absolute atomic E-state index is 12.7. The number of benzene rings is 2. The summed E-state index contributed by atoms with van der Waals surface area (Å²) >= 11 is 0. The molecular formula is C36H41N9O4. The van der Waals surface area contributed by atoms with Gasteiger partial charge in [0.15, 0.2) is 11.6 Å². The molecule has 4 N–H and O–H groups in total. The number of phenols is 1. The number of fused-ring (bicyclic) bond motifs is 1. The first-order chi connectivity index (χ1) is 23.9. The molecule has 1 saturated carbocycles. The van der Waals surface area contributed by atoms with E-state index in [0.29, 0.717) is 55.2 Å². The lowest BCUT2D eigenvalue weighted by Crippen LogP contribution is -2.54. The van der Waals surface area contributed by atoms with Crippen LogP contribution in [0.1, 0.15) is 44.6 Å². The van der Waals surface area contributed by atoms with E-state index in [-0.39, 0.29) is 23.6 Å². The first-order valence-electron chi connectivity index (χ1n) is 17.2. The van der Waals surface area contributed by atoms with E-state index in [2.05, 4.69) is 47.2 Å². The molecule has 1 unspecified atom stereocenters. The Kier molecular flexibility index (Phi) is 8.28. The van der Waals surface area contributed by atoms with Gasteiger partial charge < -0.3 is 25.4 Å². The average Bonchev–Trinajstić information content (AvgIpc) is 3.62. The molecular weight excluding hydrogens is 622 g/mol. The molecule has 1 atom stereocenters. The highest BCUT2D eigenvalue weighted by Crippen LogP contribution is 2.43. The van der Waals surface area contributed by atoms with Gasteiger partial charge in [-0.05, 0) is 62.4 Å². The largest absolute Gasteiger partial charge is 0.507 e. The van der Waals surface area contributed by atoms with E-state index in [1.54, 1.807) is 12.1 Å². The Morgan fingerprint density at radius 2 is 1.63 bits per heavy atom. The second-order valence-corrected chi connectivity index (χ2v) is 13.4. The summed E-state index contributed by atoms with van der Waals surface area (Å²) in [7, 11) is 0. The highest BCUT2D eigenvalue weighted by atomic mass is 16.5. The molecule has 2 aromatic carbocycles. The number of nitrogen functional groups attached to an aromatic ring is 1. The molecule has 1 aliphatic carbocycles. The fraction of sp³-hybridized carbons (Fsp3) is 0.417. The highest BCUT2D eigenvalue weighted by molar-refractivity contribution is 6.02. The van der Waals surface area contributed by atoms with Gasteiger partial charge in [-0.2, -0.15) is 5.10 Å². The number of hydrogen-bond acceptors (Lipinski definition) is 11. The van der Waals surface area contributed by atoms with Crippen molar-refractivity contribution in [2.24, 2.45) is 0 Å². The molecule has 0 bridgehead atoms. The monoisotopic (exact) mass is 663 g/mol. The summed E-state index contributed by atoms with van der Waals surface area (Å²) in [6.07, 6.45) is 9.10.